The smallest absolute Gasteiger partial charge is 0.220 e. The van der Waals surface area contributed by atoms with Gasteiger partial charge >= 0.3 is 0 Å². The van der Waals surface area contributed by atoms with Crippen molar-refractivity contribution in [2.45, 2.75) is 38.1 Å². The van der Waals surface area contributed by atoms with Gasteiger partial charge in [-0.05, 0) is 18.8 Å². The van der Waals surface area contributed by atoms with E-state index in [0.717, 1.165) is 0 Å². The summed E-state index contributed by atoms with van der Waals surface area (Å²) in [4.78, 5) is 11.2. The molecule has 1 heterocycles. The molecule has 1 saturated carbocycles. The van der Waals surface area contributed by atoms with Gasteiger partial charge in [-0.15, -0.1) is 0 Å². The Morgan fingerprint density at radius 3 is 2.69 bits per heavy atom. The van der Waals surface area contributed by atoms with Crippen molar-refractivity contribution in [2.24, 2.45) is 11.8 Å². The molecular formula is C10H17NO2. The minimum atomic E-state index is 0.121. The molecule has 0 aromatic heterocycles. The normalized spacial score (nSPS) is 35.3. The van der Waals surface area contributed by atoms with Gasteiger partial charge in [0, 0.05) is 25.0 Å². The van der Waals surface area contributed by atoms with Crippen molar-refractivity contribution < 1.29 is 9.90 Å². The van der Waals surface area contributed by atoms with Gasteiger partial charge < -0.3 is 10.4 Å². The van der Waals surface area contributed by atoms with Crippen LogP contribution in [0.4, 0.5) is 0 Å². The predicted octanol–water partition coefficient (Wildman–Crippen LogP) is 0.674. The first-order valence-electron chi connectivity index (χ1n) is 5.21. The Kier molecular flexibility index (Phi) is 2.54. The van der Waals surface area contributed by atoms with Gasteiger partial charge in [0.1, 0.15) is 0 Å². The Bertz CT molecular complexity index is 199. The summed E-state index contributed by atoms with van der Waals surface area (Å²) in [6.45, 7) is 0.153. The lowest BCUT2D eigenvalue weighted by molar-refractivity contribution is -0.119. The molecule has 2 fully saturated rings. The first-order valence-corrected chi connectivity index (χ1v) is 5.21. The number of carbonyl (C=O) groups excluding carboxylic acids is 1. The third kappa shape index (κ3) is 1.70. The van der Waals surface area contributed by atoms with Gasteiger partial charge in [0.2, 0.25) is 5.91 Å². The van der Waals surface area contributed by atoms with Gasteiger partial charge in [-0.3, -0.25) is 4.79 Å². The van der Waals surface area contributed by atoms with Crippen molar-refractivity contribution in [1.82, 2.24) is 5.32 Å². The highest BCUT2D eigenvalue weighted by Gasteiger charge is 2.37. The number of nitrogens with one attached hydrogen (secondary N) is 1. The van der Waals surface area contributed by atoms with Crippen LogP contribution in [0.1, 0.15) is 32.1 Å². The van der Waals surface area contributed by atoms with Gasteiger partial charge in [0.25, 0.3) is 0 Å². The molecule has 2 atom stereocenters. The Hall–Kier alpha value is -0.570. The lowest BCUT2D eigenvalue weighted by Crippen LogP contribution is -2.36. The zero-order valence-corrected chi connectivity index (χ0v) is 7.83. The lowest BCUT2D eigenvalue weighted by atomic mass is 9.89. The van der Waals surface area contributed by atoms with Crippen LogP contribution >= 0.6 is 0 Å². The van der Waals surface area contributed by atoms with E-state index < -0.39 is 0 Å². The average molecular weight is 183 g/mol. The highest BCUT2D eigenvalue weighted by atomic mass is 16.3. The maximum Gasteiger partial charge on any atom is 0.220 e. The second-order valence-electron chi connectivity index (χ2n) is 4.28. The molecule has 2 N–H and O–H groups in total. The summed E-state index contributed by atoms with van der Waals surface area (Å²) in [6, 6.07) is 0.264. The molecule has 1 saturated heterocycles. The fraction of sp³-hybridized carbons (Fsp3) is 0.900. The third-order valence-electron chi connectivity index (χ3n) is 3.43. The second-order valence-corrected chi connectivity index (χ2v) is 4.28. The van der Waals surface area contributed by atoms with Crippen LogP contribution in [0.3, 0.4) is 0 Å². The number of carbonyl (C=O) groups is 1. The lowest BCUT2D eigenvalue weighted by Gasteiger charge is -2.23. The largest absolute Gasteiger partial charge is 0.396 e. The van der Waals surface area contributed by atoms with E-state index in [1.54, 1.807) is 0 Å². The zero-order chi connectivity index (χ0) is 9.26. The fourth-order valence-corrected chi connectivity index (χ4v) is 2.73. The van der Waals surface area contributed by atoms with Crippen molar-refractivity contribution in [2.75, 3.05) is 6.61 Å². The highest BCUT2D eigenvalue weighted by molar-refractivity contribution is 5.79. The van der Waals surface area contributed by atoms with Gasteiger partial charge in [-0.1, -0.05) is 12.8 Å². The Morgan fingerprint density at radius 1 is 1.38 bits per heavy atom. The average Bonchev–Trinajstić information content (AvgIpc) is 2.71. The van der Waals surface area contributed by atoms with E-state index in [4.69, 9.17) is 5.11 Å². The molecule has 0 aromatic rings. The van der Waals surface area contributed by atoms with E-state index in [2.05, 4.69) is 5.32 Å². The van der Waals surface area contributed by atoms with Crippen molar-refractivity contribution in [3.63, 3.8) is 0 Å². The van der Waals surface area contributed by atoms with Crippen LogP contribution in [0.5, 0.6) is 0 Å². The number of aliphatic hydroxyl groups excluding tert-OH is 1. The van der Waals surface area contributed by atoms with E-state index in [1.165, 1.54) is 25.7 Å². The van der Waals surface area contributed by atoms with E-state index in [0.29, 0.717) is 12.3 Å². The van der Waals surface area contributed by atoms with Crippen molar-refractivity contribution in [1.29, 1.82) is 0 Å². The highest BCUT2D eigenvalue weighted by Crippen LogP contribution is 2.34. The first kappa shape index (κ1) is 9.00. The zero-order valence-electron chi connectivity index (χ0n) is 7.83. The SMILES string of the molecule is O=C1CC(CO)C(C2CCCC2)N1. The summed E-state index contributed by atoms with van der Waals surface area (Å²) in [5, 5.41) is 12.1. The van der Waals surface area contributed by atoms with Crippen molar-refractivity contribution in [3.8, 4) is 0 Å². The number of hydrogen-bond acceptors (Lipinski definition) is 2. The number of hydrogen-bond donors (Lipinski definition) is 2. The van der Waals surface area contributed by atoms with Crippen LogP contribution in [-0.2, 0) is 4.79 Å². The molecule has 74 valence electrons. The van der Waals surface area contributed by atoms with Crippen molar-refractivity contribution in [3.05, 3.63) is 0 Å². The Morgan fingerprint density at radius 2 is 2.08 bits per heavy atom. The summed E-state index contributed by atoms with van der Waals surface area (Å²) >= 11 is 0. The van der Waals surface area contributed by atoms with Crippen LogP contribution in [0.25, 0.3) is 0 Å². The van der Waals surface area contributed by atoms with Gasteiger partial charge in [0.15, 0.2) is 0 Å². The number of amides is 1. The molecule has 0 bridgehead atoms. The number of aliphatic hydroxyl groups is 1. The summed E-state index contributed by atoms with van der Waals surface area (Å²) in [7, 11) is 0. The minimum Gasteiger partial charge on any atom is -0.396 e. The summed E-state index contributed by atoms with van der Waals surface area (Å²) in [5.74, 6) is 0.926. The molecule has 0 radical (unpaired) electrons. The molecule has 1 amide bonds. The topological polar surface area (TPSA) is 49.3 Å². The molecule has 0 spiro atoms. The molecule has 3 heteroatoms. The monoisotopic (exact) mass is 183 g/mol. The molecule has 2 unspecified atom stereocenters. The van der Waals surface area contributed by atoms with E-state index in [-0.39, 0.29) is 24.5 Å². The Balaban J connectivity index is 1.99. The van der Waals surface area contributed by atoms with Gasteiger partial charge in [-0.25, -0.2) is 0 Å². The molecule has 1 aliphatic carbocycles. The molecule has 3 nitrogen and oxygen atoms in total. The maximum absolute atomic E-state index is 11.2. The predicted molar refractivity (Wildman–Crippen MR) is 49.1 cm³/mol. The first-order chi connectivity index (χ1) is 6.31. The minimum absolute atomic E-state index is 0.121. The summed E-state index contributed by atoms with van der Waals surface area (Å²) < 4.78 is 0. The molecule has 1 aliphatic heterocycles. The molecule has 2 aliphatic rings. The van der Waals surface area contributed by atoms with Crippen molar-refractivity contribution >= 4 is 5.91 Å². The standard InChI is InChI=1S/C10H17NO2/c12-6-8-5-9(13)11-10(8)7-3-1-2-4-7/h7-8,10,12H,1-6H2,(H,11,13). The van der Waals surface area contributed by atoms with Crippen LogP contribution < -0.4 is 5.32 Å². The molecule has 13 heavy (non-hydrogen) atoms. The molecule has 0 aromatic carbocycles. The van der Waals surface area contributed by atoms with Crippen LogP contribution in [0, 0.1) is 11.8 Å². The van der Waals surface area contributed by atoms with E-state index in [1.807, 2.05) is 0 Å². The second kappa shape index (κ2) is 3.66. The van der Waals surface area contributed by atoms with Crippen LogP contribution in [0.2, 0.25) is 0 Å². The van der Waals surface area contributed by atoms with E-state index >= 15 is 0 Å². The molecule has 2 rings (SSSR count). The fourth-order valence-electron chi connectivity index (χ4n) is 2.73. The van der Waals surface area contributed by atoms with Crippen LogP contribution in [0.15, 0.2) is 0 Å². The quantitative estimate of drug-likeness (QED) is 0.661. The maximum atomic E-state index is 11.2. The third-order valence-corrected chi connectivity index (χ3v) is 3.43. The summed E-state index contributed by atoms with van der Waals surface area (Å²) in [6.07, 6.45) is 5.55. The summed E-state index contributed by atoms with van der Waals surface area (Å²) in [5.41, 5.74) is 0. The molecular weight excluding hydrogens is 166 g/mol. The number of rotatable bonds is 2. The van der Waals surface area contributed by atoms with Crippen LogP contribution in [-0.4, -0.2) is 23.7 Å². The van der Waals surface area contributed by atoms with Gasteiger partial charge in [0.05, 0.1) is 0 Å². The van der Waals surface area contributed by atoms with E-state index in [9.17, 15) is 4.79 Å². The van der Waals surface area contributed by atoms with Gasteiger partial charge in [-0.2, -0.15) is 0 Å². The Labute approximate surface area is 78.5 Å².